The van der Waals surface area contributed by atoms with Gasteiger partial charge in [0.05, 0.1) is 24.3 Å². The monoisotopic (exact) mass is 302 g/mol. The number of esters is 2. The maximum Gasteiger partial charge on any atom is 0.339 e. The van der Waals surface area contributed by atoms with E-state index in [2.05, 4.69) is 5.92 Å². The zero-order valence-corrected chi connectivity index (χ0v) is 13.2. The SMILES string of the molecule is C#Cc1ccc(C(=O)OCCCC)c(C(=O)OCCCC)c1. The lowest BCUT2D eigenvalue weighted by atomic mass is 10.0. The Morgan fingerprint density at radius 3 is 2.05 bits per heavy atom. The molecule has 1 rings (SSSR count). The molecule has 0 fully saturated rings. The molecule has 4 nitrogen and oxygen atoms in total. The molecule has 0 bridgehead atoms. The zero-order chi connectivity index (χ0) is 16.4. The Morgan fingerprint density at radius 2 is 1.55 bits per heavy atom. The molecular weight excluding hydrogens is 280 g/mol. The number of carbonyl (C=O) groups excluding carboxylic acids is 2. The van der Waals surface area contributed by atoms with Crippen molar-refractivity contribution in [3.8, 4) is 12.3 Å². The van der Waals surface area contributed by atoms with E-state index in [1.807, 2.05) is 13.8 Å². The fraction of sp³-hybridized carbons (Fsp3) is 0.444. The standard InChI is InChI=1S/C18H22O4/c1-4-7-11-21-17(19)15-10-9-14(6-3)13-16(15)18(20)22-12-8-5-2/h3,9-10,13H,4-5,7-8,11-12H2,1-2H3. The molecule has 0 aliphatic heterocycles. The summed E-state index contributed by atoms with van der Waals surface area (Å²) in [6, 6.07) is 4.61. The largest absolute Gasteiger partial charge is 0.462 e. The van der Waals surface area contributed by atoms with Crippen LogP contribution >= 0.6 is 0 Å². The minimum absolute atomic E-state index is 0.160. The Kier molecular flexibility index (Phi) is 7.77. The number of benzene rings is 1. The second-order valence-corrected chi connectivity index (χ2v) is 4.88. The molecule has 0 N–H and O–H groups in total. The molecule has 0 atom stereocenters. The maximum absolute atomic E-state index is 12.1. The van der Waals surface area contributed by atoms with Gasteiger partial charge in [0.25, 0.3) is 0 Å². The van der Waals surface area contributed by atoms with Gasteiger partial charge in [-0.2, -0.15) is 0 Å². The number of unbranched alkanes of at least 4 members (excludes halogenated alkanes) is 2. The van der Waals surface area contributed by atoms with Crippen LogP contribution in [0.3, 0.4) is 0 Å². The highest BCUT2D eigenvalue weighted by Crippen LogP contribution is 2.15. The molecule has 0 unspecified atom stereocenters. The van der Waals surface area contributed by atoms with Gasteiger partial charge in [-0.3, -0.25) is 0 Å². The molecule has 0 radical (unpaired) electrons. The Balaban J connectivity index is 2.93. The molecular formula is C18H22O4. The third-order valence-electron chi connectivity index (χ3n) is 3.09. The summed E-state index contributed by atoms with van der Waals surface area (Å²) in [5.74, 6) is 1.37. The Labute approximate surface area is 131 Å². The third-order valence-corrected chi connectivity index (χ3v) is 3.09. The molecule has 0 aromatic heterocycles. The van der Waals surface area contributed by atoms with Crippen molar-refractivity contribution in [1.29, 1.82) is 0 Å². The van der Waals surface area contributed by atoms with Gasteiger partial charge in [0.2, 0.25) is 0 Å². The highest BCUT2D eigenvalue weighted by Gasteiger charge is 2.20. The summed E-state index contributed by atoms with van der Waals surface area (Å²) in [4.78, 5) is 24.2. The van der Waals surface area contributed by atoms with Crippen LogP contribution in [0.1, 0.15) is 65.8 Å². The lowest BCUT2D eigenvalue weighted by Gasteiger charge is -2.10. The van der Waals surface area contributed by atoms with E-state index in [0.29, 0.717) is 18.8 Å². The van der Waals surface area contributed by atoms with Crippen LogP contribution in [0.25, 0.3) is 0 Å². The van der Waals surface area contributed by atoms with E-state index in [9.17, 15) is 9.59 Å². The number of terminal acetylenes is 1. The lowest BCUT2D eigenvalue weighted by molar-refractivity contribution is 0.0452. The molecule has 0 aliphatic carbocycles. The molecule has 0 spiro atoms. The first-order valence-corrected chi connectivity index (χ1v) is 7.58. The summed E-state index contributed by atoms with van der Waals surface area (Å²) in [5, 5.41) is 0. The number of ether oxygens (including phenoxy) is 2. The maximum atomic E-state index is 12.1. The van der Waals surface area contributed by atoms with E-state index in [4.69, 9.17) is 15.9 Å². The van der Waals surface area contributed by atoms with E-state index >= 15 is 0 Å². The van der Waals surface area contributed by atoms with Crippen LogP contribution in [0.2, 0.25) is 0 Å². The van der Waals surface area contributed by atoms with Crippen molar-refractivity contribution in [3.05, 3.63) is 34.9 Å². The van der Waals surface area contributed by atoms with E-state index in [0.717, 1.165) is 25.7 Å². The van der Waals surface area contributed by atoms with Gasteiger partial charge in [0.15, 0.2) is 0 Å². The van der Waals surface area contributed by atoms with E-state index < -0.39 is 11.9 Å². The van der Waals surface area contributed by atoms with Crippen LogP contribution in [0.15, 0.2) is 18.2 Å². The van der Waals surface area contributed by atoms with Gasteiger partial charge in [-0.15, -0.1) is 6.42 Å². The molecule has 1 aromatic carbocycles. The van der Waals surface area contributed by atoms with Crippen molar-refractivity contribution in [2.75, 3.05) is 13.2 Å². The van der Waals surface area contributed by atoms with Crippen molar-refractivity contribution >= 4 is 11.9 Å². The van der Waals surface area contributed by atoms with Crippen LogP contribution < -0.4 is 0 Å². The minimum atomic E-state index is -0.548. The highest BCUT2D eigenvalue weighted by molar-refractivity contribution is 6.03. The van der Waals surface area contributed by atoms with Crippen molar-refractivity contribution in [3.63, 3.8) is 0 Å². The molecule has 118 valence electrons. The number of hydrogen-bond donors (Lipinski definition) is 0. The average Bonchev–Trinajstić information content (AvgIpc) is 2.54. The molecule has 1 aromatic rings. The topological polar surface area (TPSA) is 52.6 Å². The van der Waals surface area contributed by atoms with Crippen molar-refractivity contribution < 1.29 is 19.1 Å². The molecule has 22 heavy (non-hydrogen) atoms. The molecule has 0 saturated heterocycles. The predicted octanol–water partition coefficient (Wildman–Crippen LogP) is 3.58. The van der Waals surface area contributed by atoms with Crippen LogP contribution in [0, 0.1) is 12.3 Å². The number of hydrogen-bond acceptors (Lipinski definition) is 4. The third kappa shape index (κ3) is 5.25. The number of rotatable bonds is 8. The summed E-state index contributed by atoms with van der Waals surface area (Å²) < 4.78 is 10.3. The summed E-state index contributed by atoms with van der Waals surface area (Å²) in [7, 11) is 0. The van der Waals surface area contributed by atoms with E-state index in [-0.39, 0.29) is 11.1 Å². The van der Waals surface area contributed by atoms with Gasteiger partial charge in [0, 0.05) is 5.56 Å². The molecule has 0 saturated carbocycles. The van der Waals surface area contributed by atoms with Gasteiger partial charge in [-0.1, -0.05) is 32.6 Å². The van der Waals surface area contributed by atoms with Gasteiger partial charge >= 0.3 is 11.9 Å². The van der Waals surface area contributed by atoms with Crippen molar-refractivity contribution in [2.45, 2.75) is 39.5 Å². The normalized spacial score (nSPS) is 9.86. The second kappa shape index (κ2) is 9.62. The fourth-order valence-electron chi connectivity index (χ4n) is 1.75. The molecule has 0 heterocycles. The van der Waals surface area contributed by atoms with Crippen molar-refractivity contribution in [1.82, 2.24) is 0 Å². The summed E-state index contributed by atoms with van der Waals surface area (Å²) in [5.41, 5.74) is 0.872. The Bertz CT molecular complexity index is 555. The van der Waals surface area contributed by atoms with Gasteiger partial charge in [-0.05, 0) is 31.0 Å². The highest BCUT2D eigenvalue weighted by atomic mass is 16.5. The second-order valence-electron chi connectivity index (χ2n) is 4.88. The summed E-state index contributed by atoms with van der Waals surface area (Å²) in [6.45, 7) is 4.66. The number of carbonyl (C=O) groups is 2. The van der Waals surface area contributed by atoms with Crippen LogP contribution in [-0.4, -0.2) is 25.2 Å². The van der Waals surface area contributed by atoms with Crippen LogP contribution in [0.4, 0.5) is 0 Å². The minimum Gasteiger partial charge on any atom is -0.462 e. The molecule has 0 aliphatic rings. The Hall–Kier alpha value is -2.28. The first-order valence-electron chi connectivity index (χ1n) is 7.58. The first kappa shape index (κ1) is 17.8. The first-order chi connectivity index (χ1) is 10.6. The van der Waals surface area contributed by atoms with Gasteiger partial charge in [0.1, 0.15) is 0 Å². The average molecular weight is 302 g/mol. The van der Waals surface area contributed by atoms with Gasteiger partial charge < -0.3 is 9.47 Å². The lowest BCUT2D eigenvalue weighted by Crippen LogP contribution is -2.15. The summed E-state index contributed by atoms with van der Waals surface area (Å²) >= 11 is 0. The Morgan fingerprint density at radius 1 is 1.00 bits per heavy atom. The quantitative estimate of drug-likeness (QED) is 0.418. The smallest absolute Gasteiger partial charge is 0.339 e. The molecule has 0 amide bonds. The fourth-order valence-corrected chi connectivity index (χ4v) is 1.75. The summed E-state index contributed by atoms with van der Waals surface area (Å²) in [6.07, 6.45) is 8.75. The zero-order valence-electron chi connectivity index (χ0n) is 13.2. The van der Waals surface area contributed by atoms with Gasteiger partial charge in [-0.25, -0.2) is 9.59 Å². The van der Waals surface area contributed by atoms with Crippen LogP contribution in [0.5, 0.6) is 0 Å². The molecule has 4 heteroatoms. The predicted molar refractivity (Wildman–Crippen MR) is 84.8 cm³/mol. The van der Waals surface area contributed by atoms with E-state index in [1.165, 1.54) is 12.1 Å². The van der Waals surface area contributed by atoms with E-state index in [1.54, 1.807) is 6.07 Å². The van der Waals surface area contributed by atoms with Crippen LogP contribution in [-0.2, 0) is 9.47 Å². The van der Waals surface area contributed by atoms with Crippen molar-refractivity contribution in [2.24, 2.45) is 0 Å².